The van der Waals surface area contributed by atoms with E-state index in [0.29, 0.717) is 17.9 Å². The van der Waals surface area contributed by atoms with Crippen molar-refractivity contribution in [1.82, 2.24) is 25.3 Å². The molecule has 1 unspecified atom stereocenters. The number of halogens is 1. The van der Waals surface area contributed by atoms with Crippen LogP contribution in [0, 0.1) is 5.92 Å². The molecule has 0 saturated carbocycles. The van der Waals surface area contributed by atoms with Crippen molar-refractivity contribution < 1.29 is 9.32 Å². The average Bonchev–Trinajstić information content (AvgIpc) is 2.98. The van der Waals surface area contributed by atoms with Gasteiger partial charge in [-0.1, -0.05) is 38.8 Å². The van der Waals surface area contributed by atoms with Gasteiger partial charge in [0.25, 0.3) is 0 Å². The summed E-state index contributed by atoms with van der Waals surface area (Å²) in [5.74, 6) is 2.06. The fraction of sp³-hybridized carbons (Fsp3) is 0.864. The van der Waals surface area contributed by atoms with E-state index in [1.54, 1.807) is 0 Å². The first-order valence-corrected chi connectivity index (χ1v) is 11.4. The normalized spacial score (nSPS) is 21.9. The molecule has 1 aromatic rings. The summed E-state index contributed by atoms with van der Waals surface area (Å²) in [6.45, 7) is 14.0. The summed E-state index contributed by atoms with van der Waals surface area (Å²) in [4.78, 5) is 21.9. The van der Waals surface area contributed by atoms with E-state index < -0.39 is 0 Å². The number of hydrogen-bond acceptors (Lipinski definition) is 5. The smallest absolute Gasteiger partial charge is 0.317 e. The van der Waals surface area contributed by atoms with E-state index in [-0.39, 0.29) is 29.9 Å². The number of nitrogens with one attached hydrogen (secondary N) is 1. The van der Waals surface area contributed by atoms with Crippen LogP contribution in [-0.4, -0.2) is 57.7 Å². The molecule has 3 heterocycles. The monoisotopic (exact) mass is 441 g/mol. The van der Waals surface area contributed by atoms with Gasteiger partial charge < -0.3 is 14.7 Å². The molecule has 2 aliphatic heterocycles. The van der Waals surface area contributed by atoms with Gasteiger partial charge >= 0.3 is 6.03 Å². The quantitative estimate of drug-likeness (QED) is 0.751. The number of likely N-dealkylation sites (tertiary alicyclic amines) is 2. The molecule has 3 rings (SSSR count). The van der Waals surface area contributed by atoms with Crippen molar-refractivity contribution in [2.24, 2.45) is 5.92 Å². The fourth-order valence-corrected chi connectivity index (χ4v) is 4.52. The van der Waals surface area contributed by atoms with Crippen LogP contribution in [0.3, 0.4) is 0 Å². The summed E-state index contributed by atoms with van der Waals surface area (Å²) in [5, 5.41) is 7.29. The third-order valence-electron chi connectivity index (χ3n) is 6.12. The highest BCUT2D eigenvalue weighted by atomic mass is 35.5. The molecule has 0 spiro atoms. The Balaban J connectivity index is 0.00000320. The topological polar surface area (TPSA) is 74.5 Å². The molecule has 0 aromatic carbocycles. The number of urea groups is 1. The molecule has 0 bridgehead atoms. The van der Waals surface area contributed by atoms with Gasteiger partial charge in [0, 0.05) is 24.0 Å². The van der Waals surface area contributed by atoms with Crippen LogP contribution in [0.5, 0.6) is 0 Å². The first-order chi connectivity index (χ1) is 13.7. The zero-order chi connectivity index (χ0) is 21.0. The van der Waals surface area contributed by atoms with E-state index >= 15 is 0 Å². The second kappa shape index (κ2) is 10.8. The van der Waals surface area contributed by atoms with Crippen molar-refractivity contribution in [2.45, 2.75) is 97.2 Å². The van der Waals surface area contributed by atoms with E-state index in [1.165, 1.54) is 12.8 Å². The predicted molar refractivity (Wildman–Crippen MR) is 121 cm³/mol. The van der Waals surface area contributed by atoms with Crippen molar-refractivity contribution in [3.05, 3.63) is 11.7 Å². The maximum absolute atomic E-state index is 12.8. The Morgan fingerprint density at radius 1 is 1.13 bits per heavy atom. The summed E-state index contributed by atoms with van der Waals surface area (Å²) in [7, 11) is 0. The maximum Gasteiger partial charge on any atom is 0.317 e. The van der Waals surface area contributed by atoms with Gasteiger partial charge in [-0.3, -0.25) is 4.90 Å². The van der Waals surface area contributed by atoms with E-state index in [0.717, 1.165) is 57.7 Å². The third-order valence-corrected chi connectivity index (χ3v) is 6.12. The van der Waals surface area contributed by atoms with Crippen molar-refractivity contribution in [3.63, 3.8) is 0 Å². The van der Waals surface area contributed by atoms with Crippen LogP contribution in [0.15, 0.2) is 4.52 Å². The number of carbonyl (C=O) groups excluding carboxylic acids is 1. The largest absolute Gasteiger partial charge is 0.339 e. The van der Waals surface area contributed by atoms with Crippen LogP contribution in [0.2, 0.25) is 0 Å². The molecule has 2 amide bonds. The van der Waals surface area contributed by atoms with Crippen LogP contribution in [0.4, 0.5) is 4.79 Å². The second-order valence-corrected chi connectivity index (χ2v) is 10.1. The highest BCUT2D eigenvalue weighted by molar-refractivity contribution is 5.85. The molecule has 30 heavy (non-hydrogen) atoms. The molecule has 7 nitrogen and oxygen atoms in total. The standard InChI is InChI=1S/C22H39N5O2.ClH/c1-16(2)23-21(28)27-12-8-6-7-9-18(27)17-10-13-26(14-11-17)15-19-24-20(29-25-19)22(3,4)5;/h16-18H,6-15H2,1-5H3,(H,23,28);1H. The zero-order valence-electron chi connectivity index (χ0n) is 19.3. The van der Waals surface area contributed by atoms with Crippen molar-refractivity contribution in [3.8, 4) is 0 Å². The van der Waals surface area contributed by atoms with Gasteiger partial charge in [-0.2, -0.15) is 4.98 Å². The Morgan fingerprint density at radius 3 is 2.43 bits per heavy atom. The molecule has 2 aliphatic rings. The second-order valence-electron chi connectivity index (χ2n) is 10.1. The minimum absolute atomic E-state index is 0. The van der Waals surface area contributed by atoms with Gasteiger partial charge in [-0.05, 0) is 58.5 Å². The number of amides is 2. The minimum atomic E-state index is -0.113. The van der Waals surface area contributed by atoms with Crippen molar-refractivity contribution in [1.29, 1.82) is 0 Å². The molecule has 0 aliphatic carbocycles. The van der Waals surface area contributed by atoms with Gasteiger partial charge in [-0.25, -0.2) is 4.79 Å². The van der Waals surface area contributed by atoms with Crippen molar-refractivity contribution >= 4 is 18.4 Å². The molecule has 1 atom stereocenters. The van der Waals surface area contributed by atoms with Gasteiger partial charge in [0.1, 0.15) is 0 Å². The molecule has 1 N–H and O–H groups in total. The Hall–Kier alpha value is -1.34. The zero-order valence-corrected chi connectivity index (χ0v) is 20.1. The fourth-order valence-electron chi connectivity index (χ4n) is 4.52. The lowest BCUT2D eigenvalue weighted by Crippen LogP contribution is -2.52. The summed E-state index contributed by atoms with van der Waals surface area (Å²) >= 11 is 0. The maximum atomic E-state index is 12.8. The Bertz CT molecular complexity index is 665. The summed E-state index contributed by atoms with van der Waals surface area (Å²) in [5.41, 5.74) is -0.113. The van der Waals surface area contributed by atoms with E-state index in [1.807, 2.05) is 13.8 Å². The van der Waals surface area contributed by atoms with Crippen LogP contribution in [-0.2, 0) is 12.0 Å². The third kappa shape index (κ3) is 6.58. The predicted octanol–water partition coefficient (Wildman–Crippen LogP) is 4.36. The van der Waals surface area contributed by atoms with E-state index in [4.69, 9.17) is 4.52 Å². The highest BCUT2D eigenvalue weighted by Gasteiger charge is 2.34. The number of piperidine rings is 1. The molecule has 172 valence electrons. The average molecular weight is 442 g/mol. The van der Waals surface area contributed by atoms with Crippen LogP contribution < -0.4 is 5.32 Å². The highest BCUT2D eigenvalue weighted by Crippen LogP contribution is 2.30. The molecular formula is C22H40ClN5O2. The molecule has 8 heteroatoms. The molecule has 2 saturated heterocycles. The lowest BCUT2D eigenvalue weighted by molar-refractivity contribution is 0.0960. The summed E-state index contributed by atoms with van der Waals surface area (Å²) in [6, 6.07) is 0.674. The summed E-state index contributed by atoms with van der Waals surface area (Å²) < 4.78 is 5.43. The molecule has 1 aromatic heterocycles. The number of aromatic nitrogens is 2. The van der Waals surface area contributed by atoms with Gasteiger partial charge in [0.15, 0.2) is 5.82 Å². The lowest BCUT2D eigenvalue weighted by atomic mass is 9.86. The van der Waals surface area contributed by atoms with Gasteiger partial charge in [0.2, 0.25) is 5.89 Å². The van der Waals surface area contributed by atoms with Crippen LogP contribution >= 0.6 is 12.4 Å². The SMILES string of the molecule is CC(C)NC(=O)N1CCCCCC1C1CCN(Cc2noc(C(C)(C)C)n2)CC1.Cl. The van der Waals surface area contributed by atoms with Crippen molar-refractivity contribution in [2.75, 3.05) is 19.6 Å². The first kappa shape index (κ1) is 24.9. The molecule has 0 radical (unpaired) electrons. The number of hydrogen-bond donors (Lipinski definition) is 1. The van der Waals surface area contributed by atoms with Gasteiger partial charge in [-0.15, -0.1) is 12.4 Å². The Kier molecular flexibility index (Phi) is 8.98. The number of rotatable bonds is 4. The lowest BCUT2D eigenvalue weighted by Gasteiger charge is -2.40. The minimum Gasteiger partial charge on any atom is -0.339 e. The summed E-state index contributed by atoms with van der Waals surface area (Å²) in [6.07, 6.45) is 6.97. The first-order valence-electron chi connectivity index (χ1n) is 11.4. The molecular weight excluding hydrogens is 402 g/mol. The van der Waals surface area contributed by atoms with Crippen LogP contribution in [0.25, 0.3) is 0 Å². The van der Waals surface area contributed by atoms with Gasteiger partial charge in [0.05, 0.1) is 6.54 Å². The number of carbonyl (C=O) groups is 1. The van der Waals surface area contributed by atoms with E-state index in [9.17, 15) is 4.79 Å². The van der Waals surface area contributed by atoms with Crippen LogP contribution in [0.1, 0.15) is 84.9 Å². The number of nitrogens with zero attached hydrogens (tertiary/aromatic N) is 4. The van der Waals surface area contributed by atoms with E-state index in [2.05, 4.69) is 46.0 Å². The Morgan fingerprint density at radius 2 is 1.83 bits per heavy atom. The molecule has 2 fully saturated rings. The Labute approximate surface area is 187 Å².